The first-order valence-corrected chi connectivity index (χ1v) is 15.5. The molecule has 5 aromatic rings. The van der Waals surface area contributed by atoms with Crippen LogP contribution in [0.15, 0.2) is 103 Å². The Bertz CT molecular complexity index is 1670. The molecule has 1 saturated carbocycles. The highest BCUT2D eigenvalue weighted by atomic mass is 16.6. The fraction of sp³-hybridized carbons (Fsp3) is 0.289. The van der Waals surface area contributed by atoms with E-state index in [-0.39, 0.29) is 13.2 Å². The van der Waals surface area contributed by atoms with Gasteiger partial charge in [0.15, 0.2) is 0 Å². The minimum absolute atomic E-state index is 0.274. The lowest BCUT2D eigenvalue weighted by molar-refractivity contribution is -0.152. The maximum absolute atomic E-state index is 13.2. The summed E-state index contributed by atoms with van der Waals surface area (Å²) in [5.74, 6) is 1.89. The first kappa shape index (κ1) is 29.4. The zero-order valence-electron chi connectivity index (χ0n) is 25.4. The van der Waals surface area contributed by atoms with Crippen LogP contribution in [-0.2, 0) is 22.7 Å². The minimum Gasteiger partial charge on any atom is -0.490 e. The van der Waals surface area contributed by atoms with Crippen LogP contribution in [0, 0.1) is 6.92 Å². The number of nitrogens with zero attached hydrogens (tertiary/aromatic N) is 1. The van der Waals surface area contributed by atoms with Crippen molar-refractivity contribution >= 4 is 16.9 Å². The molecule has 0 aliphatic heterocycles. The molecule has 1 heterocycles. The SMILES string of the molecule is CCOC(=O)C(Cn1c(-c2ccc(OC3CCCC3)cc2)c(C)c2cc(OCc3ccccc3)ccc21)Oc1ccccc1. The highest BCUT2D eigenvalue weighted by Crippen LogP contribution is 2.37. The van der Waals surface area contributed by atoms with Gasteiger partial charge < -0.3 is 23.5 Å². The molecule has 226 valence electrons. The van der Waals surface area contributed by atoms with Crippen LogP contribution in [0.1, 0.15) is 43.7 Å². The molecule has 0 N–H and O–H groups in total. The number of aromatic nitrogens is 1. The third-order valence-electron chi connectivity index (χ3n) is 8.19. The largest absolute Gasteiger partial charge is 0.490 e. The Labute approximate surface area is 259 Å². The molecule has 1 aliphatic carbocycles. The second kappa shape index (κ2) is 13.7. The summed E-state index contributed by atoms with van der Waals surface area (Å²) in [6, 6.07) is 34.0. The Kier molecular flexibility index (Phi) is 9.16. The molecular weight excluding hydrogens is 550 g/mol. The van der Waals surface area contributed by atoms with Gasteiger partial charge in [0, 0.05) is 10.9 Å². The molecule has 6 nitrogen and oxygen atoms in total. The quantitative estimate of drug-likeness (QED) is 0.137. The number of hydrogen-bond donors (Lipinski definition) is 0. The van der Waals surface area contributed by atoms with E-state index >= 15 is 0 Å². The monoisotopic (exact) mass is 589 g/mol. The predicted octanol–water partition coefficient (Wildman–Crippen LogP) is 8.53. The summed E-state index contributed by atoms with van der Waals surface area (Å²) >= 11 is 0. The molecule has 0 saturated heterocycles. The highest BCUT2D eigenvalue weighted by molar-refractivity contribution is 5.93. The third kappa shape index (κ3) is 6.75. The van der Waals surface area contributed by atoms with Gasteiger partial charge in [-0.2, -0.15) is 0 Å². The summed E-state index contributed by atoms with van der Waals surface area (Å²) in [4.78, 5) is 13.2. The fourth-order valence-corrected chi connectivity index (χ4v) is 6.01. The first-order chi connectivity index (χ1) is 21.6. The molecule has 0 amide bonds. The number of carbonyl (C=O) groups is 1. The lowest BCUT2D eigenvalue weighted by Crippen LogP contribution is -2.34. The average molecular weight is 590 g/mol. The van der Waals surface area contributed by atoms with Gasteiger partial charge in [-0.05, 0) is 111 Å². The van der Waals surface area contributed by atoms with Crippen molar-refractivity contribution in [3.63, 3.8) is 0 Å². The second-order valence-corrected chi connectivity index (χ2v) is 11.3. The van der Waals surface area contributed by atoms with E-state index in [0.717, 1.165) is 57.6 Å². The molecule has 4 aromatic carbocycles. The van der Waals surface area contributed by atoms with Crippen molar-refractivity contribution in [1.82, 2.24) is 4.57 Å². The van der Waals surface area contributed by atoms with Crippen molar-refractivity contribution < 1.29 is 23.7 Å². The molecular formula is C38H39NO5. The molecule has 6 rings (SSSR count). The van der Waals surface area contributed by atoms with E-state index in [1.165, 1.54) is 12.8 Å². The van der Waals surface area contributed by atoms with Crippen LogP contribution in [0.25, 0.3) is 22.2 Å². The molecule has 1 unspecified atom stereocenters. The standard InChI is InChI=1S/C38H39NO5/c1-3-41-38(40)36(44-31-14-8-5-9-15-31)25-39-35-23-22-33(42-26-28-12-6-4-7-13-28)24-34(35)27(2)37(39)29-18-20-32(21-19-29)43-30-16-10-11-17-30/h4-9,12-15,18-24,30,36H,3,10-11,16-17,25-26H2,1-2H3. The Morgan fingerprint density at radius 3 is 2.23 bits per heavy atom. The van der Waals surface area contributed by atoms with Crippen molar-refractivity contribution in [2.45, 2.75) is 64.9 Å². The number of aryl methyl sites for hydroxylation is 1. The number of fused-ring (bicyclic) bond motifs is 1. The van der Waals surface area contributed by atoms with E-state index in [1.54, 1.807) is 0 Å². The van der Waals surface area contributed by atoms with Crippen molar-refractivity contribution in [3.8, 4) is 28.5 Å². The number of benzene rings is 4. The van der Waals surface area contributed by atoms with E-state index in [9.17, 15) is 4.79 Å². The van der Waals surface area contributed by atoms with Crippen LogP contribution in [0.4, 0.5) is 0 Å². The maximum atomic E-state index is 13.2. The smallest absolute Gasteiger partial charge is 0.349 e. The third-order valence-corrected chi connectivity index (χ3v) is 8.19. The van der Waals surface area contributed by atoms with Crippen molar-refractivity contribution in [2.75, 3.05) is 6.61 Å². The average Bonchev–Trinajstić information content (AvgIpc) is 3.67. The normalized spacial score (nSPS) is 14.0. The van der Waals surface area contributed by atoms with E-state index in [1.807, 2.05) is 73.7 Å². The molecule has 0 radical (unpaired) electrons. The lowest BCUT2D eigenvalue weighted by Gasteiger charge is -2.21. The zero-order valence-corrected chi connectivity index (χ0v) is 25.4. The molecule has 1 aliphatic rings. The molecule has 0 spiro atoms. The van der Waals surface area contributed by atoms with Gasteiger partial charge in [0.05, 0.1) is 24.9 Å². The Balaban J connectivity index is 1.37. The molecule has 1 fully saturated rings. The summed E-state index contributed by atoms with van der Waals surface area (Å²) in [6.45, 7) is 4.96. The Morgan fingerprint density at radius 2 is 1.52 bits per heavy atom. The molecule has 1 atom stereocenters. The number of carbonyl (C=O) groups excluding carboxylic acids is 1. The summed E-state index contributed by atoms with van der Waals surface area (Å²) in [5.41, 5.74) is 5.24. The Morgan fingerprint density at radius 1 is 0.841 bits per heavy atom. The number of rotatable bonds is 12. The van der Waals surface area contributed by atoms with E-state index in [4.69, 9.17) is 18.9 Å². The maximum Gasteiger partial charge on any atom is 0.349 e. The molecule has 1 aromatic heterocycles. The van der Waals surface area contributed by atoms with Crippen LogP contribution in [-0.4, -0.2) is 29.4 Å². The number of ether oxygens (including phenoxy) is 4. The van der Waals surface area contributed by atoms with Gasteiger partial charge in [-0.15, -0.1) is 0 Å². The minimum atomic E-state index is -0.843. The molecule has 0 bridgehead atoms. The lowest BCUT2D eigenvalue weighted by atomic mass is 10.1. The van der Waals surface area contributed by atoms with Gasteiger partial charge in [-0.3, -0.25) is 0 Å². The topological polar surface area (TPSA) is 58.9 Å². The van der Waals surface area contributed by atoms with Crippen LogP contribution in [0.2, 0.25) is 0 Å². The van der Waals surface area contributed by atoms with E-state index in [2.05, 4.69) is 47.9 Å². The van der Waals surface area contributed by atoms with Crippen molar-refractivity contribution in [2.24, 2.45) is 0 Å². The number of hydrogen-bond acceptors (Lipinski definition) is 5. The summed E-state index contributed by atoms with van der Waals surface area (Å²) in [6.07, 6.45) is 4.13. The fourth-order valence-electron chi connectivity index (χ4n) is 6.01. The van der Waals surface area contributed by atoms with Crippen molar-refractivity contribution in [1.29, 1.82) is 0 Å². The summed E-state index contributed by atoms with van der Waals surface area (Å²) in [7, 11) is 0. The summed E-state index contributed by atoms with van der Waals surface area (Å²) < 4.78 is 26.3. The van der Waals surface area contributed by atoms with Crippen LogP contribution >= 0.6 is 0 Å². The van der Waals surface area contributed by atoms with Gasteiger partial charge in [0.2, 0.25) is 6.10 Å². The van der Waals surface area contributed by atoms with Crippen LogP contribution in [0.5, 0.6) is 17.2 Å². The first-order valence-electron chi connectivity index (χ1n) is 15.5. The van der Waals surface area contributed by atoms with Gasteiger partial charge in [0.1, 0.15) is 23.9 Å². The van der Waals surface area contributed by atoms with E-state index < -0.39 is 12.1 Å². The number of para-hydroxylation sites is 1. The van der Waals surface area contributed by atoms with Gasteiger partial charge in [0.25, 0.3) is 0 Å². The Hall–Kier alpha value is -4.71. The number of esters is 1. The highest BCUT2D eigenvalue weighted by Gasteiger charge is 2.27. The summed E-state index contributed by atoms with van der Waals surface area (Å²) in [5, 5.41) is 1.05. The van der Waals surface area contributed by atoms with Crippen LogP contribution in [0.3, 0.4) is 0 Å². The predicted molar refractivity (Wildman–Crippen MR) is 173 cm³/mol. The van der Waals surface area contributed by atoms with E-state index in [0.29, 0.717) is 18.5 Å². The van der Waals surface area contributed by atoms with Crippen molar-refractivity contribution in [3.05, 3.63) is 114 Å². The van der Waals surface area contributed by atoms with Gasteiger partial charge >= 0.3 is 5.97 Å². The van der Waals surface area contributed by atoms with Gasteiger partial charge in [-0.25, -0.2) is 4.79 Å². The van der Waals surface area contributed by atoms with Crippen LogP contribution < -0.4 is 14.2 Å². The van der Waals surface area contributed by atoms with Gasteiger partial charge in [-0.1, -0.05) is 48.5 Å². The molecule has 6 heteroatoms. The second-order valence-electron chi connectivity index (χ2n) is 11.3. The zero-order chi connectivity index (χ0) is 30.3. The molecule has 44 heavy (non-hydrogen) atoms.